The van der Waals surface area contributed by atoms with Crippen LogP contribution in [0.3, 0.4) is 0 Å². The molecule has 4 aromatic rings. The average molecular weight is 563 g/mol. The van der Waals surface area contributed by atoms with Gasteiger partial charge in [0, 0.05) is 30.9 Å². The molecule has 0 spiro atoms. The van der Waals surface area contributed by atoms with Gasteiger partial charge in [-0.05, 0) is 71.6 Å². The van der Waals surface area contributed by atoms with E-state index in [1.54, 1.807) is 54.9 Å². The molecule has 1 saturated heterocycles. The highest BCUT2D eigenvalue weighted by Gasteiger charge is 2.46. The van der Waals surface area contributed by atoms with Crippen LogP contribution in [0.1, 0.15) is 40.8 Å². The molecule has 3 aromatic carbocycles. The van der Waals surface area contributed by atoms with E-state index in [1.165, 1.54) is 12.0 Å². The lowest BCUT2D eigenvalue weighted by Gasteiger charge is -2.26. The second-order valence-electron chi connectivity index (χ2n) is 10.4. The highest BCUT2D eigenvalue weighted by atomic mass is 16.5. The molecule has 2 aliphatic rings. The van der Waals surface area contributed by atoms with Crippen LogP contribution in [-0.4, -0.2) is 39.9 Å². The predicted molar refractivity (Wildman–Crippen MR) is 156 cm³/mol. The smallest absolute Gasteiger partial charge is 0.295 e. The molecule has 0 aliphatic carbocycles. The molecule has 2 unspecified atom stereocenters. The lowest BCUT2D eigenvalue weighted by atomic mass is 9.94. The summed E-state index contributed by atoms with van der Waals surface area (Å²) < 4.78 is 17.5. The van der Waals surface area contributed by atoms with Crippen LogP contribution in [0.2, 0.25) is 0 Å². The lowest BCUT2D eigenvalue weighted by molar-refractivity contribution is -0.140. The summed E-state index contributed by atoms with van der Waals surface area (Å²) in [6, 6.07) is 23.1. The molecule has 1 amide bonds. The normalized spacial score (nSPS) is 19.0. The van der Waals surface area contributed by atoms with Crippen LogP contribution in [0.25, 0.3) is 5.76 Å². The Morgan fingerprint density at radius 2 is 1.76 bits per heavy atom. The van der Waals surface area contributed by atoms with Gasteiger partial charge < -0.3 is 24.2 Å². The van der Waals surface area contributed by atoms with E-state index in [1.807, 2.05) is 43.3 Å². The largest absolute Gasteiger partial charge is 0.507 e. The number of amides is 1. The quantitative estimate of drug-likeness (QED) is 0.169. The van der Waals surface area contributed by atoms with E-state index in [0.29, 0.717) is 35.7 Å². The molecule has 1 aromatic heterocycles. The lowest BCUT2D eigenvalue weighted by Crippen LogP contribution is -2.29. The summed E-state index contributed by atoms with van der Waals surface area (Å²) in [4.78, 5) is 32.6. The van der Waals surface area contributed by atoms with Crippen molar-refractivity contribution >= 4 is 17.4 Å². The fraction of sp³-hybridized carbons (Fsp3) is 0.206. The number of pyridine rings is 1. The first kappa shape index (κ1) is 27.1. The van der Waals surface area contributed by atoms with Crippen molar-refractivity contribution in [2.75, 3.05) is 7.11 Å². The number of nitrogens with zero attached hydrogens (tertiary/aromatic N) is 2. The monoisotopic (exact) mass is 562 g/mol. The summed E-state index contributed by atoms with van der Waals surface area (Å²) in [5, 5.41) is 11.6. The van der Waals surface area contributed by atoms with E-state index < -0.39 is 17.7 Å². The number of ketones is 1. The molecule has 0 radical (unpaired) electrons. The number of hydrogen-bond acceptors (Lipinski definition) is 7. The van der Waals surface area contributed by atoms with Crippen LogP contribution in [-0.2, 0) is 29.2 Å². The molecule has 2 atom stereocenters. The molecule has 2 aliphatic heterocycles. The van der Waals surface area contributed by atoms with Crippen molar-refractivity contribution in [3.8, 4) is 17.2 Å². The predicted octanol–water partition coefficient (Wildman–Crippen LogP) is 5.61. The molecule has 8 nitrogen and oxygen atoms in total. The molecule has 8 heteroatoms. The number of Topliss-reactive ketones (excluding diaryl/α,β-unsaturated/α-hetero) is 1. The van der Waals surface area contributed by atoms with Gasteiger partial charge in [-0.3, -0.25) is 14.6 Å². The molecule has 3 heterocycles. The van der Waals surface area contributed by atoms with Gasteiger partial charge in [-0.15, -0.1) is 0 Å². The van der Waals surface area contributed by atoms with Crippen LogP contribution in [0, 0.1) is 0 Å². The van der Waals surface area contributed by atoms with Crippen molar-refractivity contribution in [3.63, 3.8) is 0 Å². The van der Waals surface area contributed by atoms with E-state index in [0.717, 1.165) is 22.4 Å². The highest BCUT2D eigenvalue weighted by molar-refractivity contribution is 6.46. The highest BCUT2D eigenvalue weighted by Crippen LogP contribution is 2.43. The minimum atomic E-state index is -0.862. The number of rotatable bonds is 8. The van der Waals surface area contributed by atoms with Crippen LogP contribution in [0.5, 0.6) is 17.2 Å². The number of aliphatic hydroxyl groups is 1. The Balaban J connectivity index is 1.41. The van der Waals surface area contributed by atoms with E-state index in [2.05, 4.69) is 4.98 Å². The summed E-state index contributed by atoms with van der Waals surface area (Å²) in [5.74, 6) is 0.0382. The van der Waals surface area contributed by atoms with Gasteiger partial charge >= 0.3 is 0 Å². The van der Waals surface area contributed by atoms with Gasteiger partial charge in [0.15, 0.2) is 11.5 Å². The first-order chi connectivity index (χ1) is 20.4. The van der Waals surface area contributed by atoms with Gasteiger partial charge in [0.25, 0.3) is 11.7 Å². The first-order valence-electron chi connectivity index (χ1n) is 13.7. The maximum atomic E-state index is 13.6. The topological polar surface area (TPSA) is 98.2 Å². The van der Waals surface area contributed by atoms with Crippen molar-refractivity contribution in [2.24, 2.45) is 0 Å². The number of aliphatic hydroxyl groups excluding tert-OH is 1. The number of likely N-dealkylation sites (tertiary alicyclic amines) is 1. The zero-order valence-electron chi connectivity index (χ0n) is 23.3. The summed E-state index contributed by atoms with van der Waals surface area (Å²) in [6.45, 7) is 2.47. The van der Waals surface area contributed by atoms with Crippen LogP contribution >= 0.6 is 0 Å². The average Bonchev–Trinajstić information content (AvgIpc) is 3.51. The molecule has 0 bridgehead atoms. The van der Waals surface area contributed by atoms with Crippen molar-refractivity contribution in [1.82, 2.24) is 9.88 Å². The maximum absolute atomic E-state index is 13.6. The van der Waals surface area contributed by atoms with Crippen LogP contribution < -0.4 is 14.2 Å². The molecule has 6 rings (SSSR count). The van der Waals surface area contributed by atoms with Crippen LogP contribution in [0.15, 0.2) is 96.8 Å². The number of carbonyl (C=O) groups is 2. The van der Waals surface area contributed by atoms with Gasteiger partial charge in [-0.2, -0.15) is 0 Å². The Morgan fingerprint density at radius 3 is 2.52 bits per heavy atom. The number of aromatic nitrogens is 1. The van der Waals surface area contributed by atoms with Crippen LogP contribution in [0.4, 0.5) is 0 Å². The van der Waals surface area contributed by atoms with Gasteiger partial charge in [0.1, 0.15) is 24.2 Å². The molecule has 1 fully saturated rings. The van der Waals surface area contributed by atoms with Gasteiger partial charge in [-0.1, -0.05) is 36.4 Å². The van der Waals surface area contributed by atoms with Gasteiger partial charge in [-0.25, -0.2) is 0 Å². The number of ether oxygens (including phenoxy) is 3. The number of benzene rings is 3. The zero-order valence-corrected chi connectivity index (χ0v) is 23.3. The first-order valence-corrected chi connectivity index (χ1v) is 13.7. The summed E-state index contributed by atoms with van der Waals surface area (Å²) >= 11 is 0. The number of methoxy groups -OCH3 is 1. The summed E-state index contributed by atoms with van der Waals surface area (Å²) in [5.41, 5.74) is 3.82. The van der Waals surface area contributed by atoms with E-state index in [4.69, 9.17) is 14.2 Å². The standard InChI is InChI=1S/C34H30N2O6/c1-21-16-26-17-25(9-10-27(26)42-21)32(37)30-31(36(34(39)33(30)38)19-22-12-14-35-15-13-22)24-8-11-28(29(18-24)40-2)41-20-23-6-4-3-5-7-23/h3-15,17-18,21,31,37H,16,19-20H2,1-2H3/b32-30+. The van der Waals surface area contributed by atoms with Crippen molar-refractivity contribution < 1.29 is 28.9 Å². The molecule has 1 N–H and O–H groups in total. The number of hydrogen-bond donors (Lipinski definition) is 1. The second kappa shape index (κ2) is 11.4. The fourth-order valence-corrected chi connectivity index (χ4v) is 5.51. The van der Waals surface area contributed by atoms with E-state index in [-0.39, 0.29) is 24.0 Å². The Kier molecular flexibility index (Phi) is 7.35. The minimum absolute atomic E-state index is 0.0148. The van der Waals surface area contributed by atoms with Gasteiger partial charge in [0.2, 0.25) is 0 Å². The number of carbonyl (C=O) groups excluding carboxylic acids is 2. The SMILES string of the molecule is COc1cc(C2/C(=C(\O)c3ccc4c(c3)CC(C)O4)C(=O)C(=O)N2Cc2ccncc2)ccc1OCc1ccccc1. The maximum Gasteiger partial charge on any atom is 0.295 e. The molecule has 0 saturated carbocycles. The van der Waals surface area contributed by atoms with E-state index >= 15 is 0 Å². The van der Waals surface area contributed by atoms with Crippen molar-refractivity contribution in [3.05, 3.63) is 125 Å². The Bertz CT molecular complexity index is 1670. The van der Waals surface area contributed by atoms with E-state index in [9.17, 15) is 14.7 Å². The fourth-order valence-electron chi connectivity index (χ4n) is 5.51. The Morgan fingerprint density at radius 1 is 0.976 bits per heavy atom. The number of fused-ring (bicyclic) bond motifs is 1. The summed E-state index contributed by atoms with van der Waals surface area (Å²) in [6.07, 6.45) is 3.99. The van der Waals surface area contributed by atoms with Crippen molar-refractivity contribution in [1.29, 1.82) is 0 Å². The third kappa shape index (κ3) is 5.19. The molecule has 42 heavy (non-hydrogen) atoms. The molecule has 212 valence electrons. The third-order valence-electron chi connectivity index (χ3n) is 7.55. The second-order valence-corrected chi connectivity index (χ2v) is 10.4. The Labute approximate surface area is 243 Å². The zero-order chi connectivity index (χ0) is 29.2. The third-order valence-corrected chi connectivity index (χ3v) is 7.55. The van der Waals surface area contributed by atoms with Crippen molar-refractivity contribution in [2.45, 2.75) is 38.6 Å². The Hall–Kier alpha value is -5.11. The van der Waals surface area contributed by atoms with Gasteiger partial charge in [0.05, 0.1) is 18.7 Å². The molecular formula is C34H30N2O6. The molecular weight excluding hydrogens is 532 g/mol. The summed E-state index contributed by atoms with van der Waals surface area (Å²) in [7, 11) is 1.54. The minimum Gasteiger partial charge on any atom is -0.507 e.